The van der Waals surface area contributed by atoms with Crippen LogP contribution < -0.4 is 11.1 Å². The van der Waals surface area contributed by atoms with Crippen LogP contribution in [0.15, 0.2) is 6.20 Å². The normalized spacial score (nSPS) is 21.4. The molecule has 3 N–H and O–H groups in total. The maximum absolute atomic E-state index is 13.3. The molecule has 1 saturated heterocycles. The molecule has 0 saturated carbocycles. The van der Waals surface area contributed by atoms with Gasteiger partial charge in [0.15, 0.2) is 11.6 Å². The Morgan fingerprint density at radius 3 is 3.29 bits per heavy atom. The average molecular weight is 241 g/mol. The quantitative estimate of drug-likeness (QED) is 0.772. The van der Waals surface area contributed by atoms with Gasteiger partial charge in [0.1, 0.15) is 0 Å². The summed E-state index contributed by atoms with van der Waals surface area (Å²) in [5.41, 5.74) is 5.39. The highest BCUT2D eigenvalue weighted by atomic mass is 19.1. The van der Waals surface area contributed by atoms with Crippen LogP contribution in [-0.4, -0.2) is 54.3 Å². The molecule has 17 heavy (non-hydrogen) atoms. The summed E-state index contributed by atoms with van der Waals surface area (Å²) in [6.07, 6.45) is 1.09. The third kappa shape index (κ3) is 3.24. The number of nitrogens with zero attached hydrogens (tertiary/aromatic N) is 3. The number of anilines is 2. The van der Waals surface area contributed by atoms with Crippen LogP contribution in [0.3, 0.4) is 0 Å². The molecule has 6 nitrogen and oxygen atoms in total. The second-order valence-electron chi connectivity index (χ2n) is 4.06. The SMILES string of the molecule is CN1CCOC(CNc2nc(N)ncc2F)C1. The van der Waals surface area contributed by atoms with Gasteiger partial charge in [0.05, 0.1) is 18.9 Å². The van der Waals surface area contributed by atoms with Gasteiger partial charge in [-0.2, -0.15) is 4.98 Å². The fraction of sp³-hybridized carbons (Fsp3) is 0.600. The van der Waals surface area contributed by atoms with Crippen LogP contribution in [-0.2, 0) is 4.74 Å². The summed E-state index contributed by atoms with van der Waals surface area (Å²) < 4.78 is 18.8. The van der Waals surface area contributed by atoms with Crippen molar-refractivity contribution in [3.63, 3.8) is 0 Å². The molecule has 2 heterocycles. The first-order valence-corrected chi connectivity index (χ1v) is 5.47. The topological polar surface area (TPSA) is 76.3 Å². The molecular weight excluding hydrogens is 225 g/mol. The maximum Gasteiger partial charge on any atom is 0.222 e. The van der Waals surface area contributed by atoms with E-state index in [1.165, 1.54) is 0 Å². The zero-order chi connectivity index (χ0) is 12.3. The molecule has 2 rings (SSSR count). The van der Waals surface area contributed by atoms with Gasteiger partial charge in [-0.3, -0.25) is 0 Å². The molecule has 0 amide bonds. The molecule has 0 spiro atoms. The largest absolute Gasteiger partial charge is 0.374 e. The van der Waals surface area contributed by atoms with Crippen LogP contribution >= 0.6 is 0 Å². The van der Waals surface area contributed by atoms with Crippen LogP contribution in [0, 0.1) is 5.82 Å². The average Bonchev–Trinajstić information content (AvgIpc) is 2.30. The van der Waals surface area contributed by atoms with E-state index in [2.05, 4.69) is 20.2 Å². The van der Waals surface area contributed by atoms with E-state index in [4.69, 9.17) is 10.5 Å². The number of hydrogen-bond acceptors (Lipinski definition) is 6. The molecule has 1 aromatic rings. The van der Waals surface area contributed by atoms with Gasteiger partial charge in [-0.25, -0.2) is 9.37 Å². The Kier molecular flexibility index (Phi) is 3.70. The molecule has 1 fully saturated rings. The minimum atomic E-state index is -0.511. The fourth-order valence-corrected chi connectivity index (χ4v) is 1.71. The van der Waals surface area contributed by atoms with Gasteiger partial charge in [-0.05, 0) is 7.05 Å². The summed E-state index contributed by atoms with van der Waals surface area (Å²) in [6, 6.07) is 0. The summed E-state index contributed by atoms with van der Waals surface area (Å²) >= 11 is 0. The lowest BCUT2D eigenvalue weighted by Gasteiger charge is -2.30. The highest BCUT2D eigenvalue weighted by Gasteiger charge is 2.18. The number of likely N-dealkylation sites (N-methyl/N-ethyl adjacent to an activating group) is 1. The standard InChI is InChI=1S/C10H16FN5O/c1-16-2-3-17-7(6-16)4-13-9-8(11)5-14-10(12)15-9/h5,7H,2-4,6H2,1H3,(H3,12,13,14,15). The molecule has 1 aliphatic heterocycles. The third-order valence-electron chi connectivity index (χ3n) is 2.60. The van der Waals surface area contributed by atoms with E-state index in [0.717, 1.165) is 19.3 Å². The van der Waals surface area contributed by atoms with Crippen molar-refractivity contribution in [2.75, 3.05) is 44.3 Å². The Hall–Kier alpha value is -1.47. The maximum atomic E-state index is 13.3. The smallest absolute Gasteiger partial charge is 0.222 e. The molecule has 1 aliphatic rings. The number of ether oxygens (including phenoxy) is 1. The lowest BCUT2D eigenvalue weighted by Crippen LogP contribution is -2.43. The molecule has 0 radical (unpaired) electrons. The fourth-order valence-electron chi connectivity index (χ4n) is 1.71. The van der Waals surface area contributed by atoms with Gasteiger partial charge in [0, 0.05) is 19.6 Å². The van der Waals surface area contributed by atoms with E-state index in [1.54, 1.807) is 0 Å². The van der Waals surface area contributed by atoms with Crippen LogP contribution in [0.1, 0.15) is 0 Å². The predicted octanol–water partition coefficient (Wildman–Crippen LogP) is -0.0596. The molecule has 94 valence electrons. The van der Waals surface area contributed by atoms with Crippen molar-refractivity contribution < 1.29 is 9.13 Å². The monoisotopic (exact) mass is 241 g/mol. The van der Waals surface area contributed by atoms with Crippen LogP contribution in [0.25, 0.3) is 0 Å². The number of morpholine rings is 1. The van der Waals surface area contributed by atoms with Gasteiger partial charge in [-0.1, -0.05) is 0 Å². The van der Waals surface area contributed by atoms with Crippen molar-refractivity contribution in [3.8, 4) is 0 Å². The summed E-state index contributed by atoms with van der Waals surface area (Å²) in [6.45, 7) is 2.93. The van der Waals surface area contributed by atoms with Crippen LogP contribution in [0.5, 0.6) is 0 Å². The Balaban J connectivity index is 1.90. The molecule has 7 heteroatoms. The number of halogens is 1. The highest BCUT2D eigenvalue weighted by Crippen LogP contribution is 2.11. The third-order valence-corrected chi connectivity index (χ3v) is 2.60. The van der Waals surface area contributed by atoms with E-state index >= 15 is 0 Å². The number of nitrogen functional groups attached to an aromatic ring is 1. The predicted molar refractivity (Wildman–Crippen MR) is 62.1 cm³/mol. The van der Waals surface area contributed by atoms with E-state index < -0.39 is 5.82 Å². The van der Waals surface area contributed by atoms with Gasteiger partial charge in [0.25, 0.3) is 0 Å². The number of nitrogens with one attached hydrogen (secondary N) is 1. The summed E-state index contributed by atoms with van der Waals surface area (Å²) in [7, 11) is 2.03. The Bertz CT molecular complexity index is 389. The number of nitrogens with two attached hydrogens (primary N) is 1. The van der Waals surface area contributed by atoms with E-state index in [0.29, 0.717) is 13.2 Å². The second kappa shape index (κ2) is 5.24. The van der Waals surface area contributed by atoms with Crippen LogP contribution in [0.2, 0.25) is 0 Å². The minimum absolute atomic E-state index is 0.0318. The lowest BCUT2D eigenvalue weighted by molar-refractivity contribution is -0.0117. The minimum Gasteiger partial charge on any atom is -0.374 e. The van der Waals surface area contributed by atoms with Gasteiger partial charge >= 0.3 is 0 Å². The van der Waals surface area contributed by atoms with E-state index in [9.17, 15) is 4.39 Å². The lowest BCUT2D eigenvalue weighted by atomic mass is 10.3. The first-order chi connectivity index (χ1) is 8.15. The number of rotatable bonds is 3. The molecule has 0 aromatic carbocycles. The van der Waals surface area contributed by atoms with Crippen LogP contribution in [0.4, 0.5) is 16.2 Å². The molecular formula is C10H16FN5O. The van der Waals surface area contributed by atoms with Crippen molar-refractivity contribution >= 4 is 11.8 Å². The Labute approximate surface area is 99.0 Å². The van der Waals surface area contributed by atoms with Gasteiger partial charge in [-0.15, -0.1) is 0 Å². The number of aromatic nitrogens is 2. The Morgan fingerprint density at radius 2 is 2.53 bits per heavy atom. The van der Waals surface area contributed by atoms with Crippen molar-refractivity contribution in [1.82, 2.24) is 14.9 Å². The summed E-state index contributed by atoms with van der Waals surface area (Å²) in [5.74, 6) is -0.340. The molecule has 0 bridgehead atoms. The first kappa shape index (κ1) is 12.0. The summed E-state index contributed by atoms with van der Waals surface area (Å²) in [4.78, 5) is 9.51. The van der Waals surface area contributed by atoms with E-state index in [-0.39, 0.29) is 17.9 Å². The molecule has 1 unspecified atom stereocenters. The van der Waals surface area contributed by atoms with Crippen molar-refractivity contribution in [2.24, 2.45) is 0 Å². The van der Waals surface area contributed by atoms with Gasteiger partial charge < -0.3 is 20.7 Å². The zero-order valence-corrected chi connectivity index (χ0v) is 9.69. The van der Waals surface area contributed by atoms with E-state index in [1.807, 2.05) is 7.05 Å². The molecule has 1 atom stereocenters. The first-order valence-electron chi connectivity index (χ1n) is 5.47. The van der Waals surface area contributed by atoms with Crippen molar-refractivity contribution in [2.45, 2.75) is 6.10 Å². The Morgan fingerprint density at radius 1 is 1.71 bits per heavy atom. The zero-order valence-electron chi connectivity index (χ0n) is 9.69. The van der Waals surface area contributed by atoms with Crippen molar-refractivity contribution in [1.29, 1.82) is 0 Å². The molecule has 0 aliphatic carbocycles. The van der Waals surface area contributed by atoms with Crippen molar-refractivity contribution in [3.05, 3.63) is 12.0 Å². The molecule has 1 aromatic heterocycles. The number of hydrogen-bond donors (Lipinski definition) is 2. The second-order valence-corrected chi connectivity index (χ2v) is 4.06. The highest BCUT2D eigenvalue weighted by molar-refractivity contribution is 5.39. The summed E-state index contributed by atoms with van der Waals surface area (Å²) in [5, 5.41) is 2.89. The van der Waals surface area contributed by atoms with Gasteiger partial charge in [0.2, 0.25) is 5.95 Å².